The normalized spacial score (nSPS) is 14.3. The van der Waals surface area contributed by atoms with Gasteiger partial charge in [0.2, 0.25) is 0 Å². The Morgan fingerprint density at radius 2 is 1.71 bits per heavy atom. The van der Waals surface area contributed by atoms with E-state index in [9.17, 15) is 4.79 Å². The fraction of sp³-hybridized carbons (Fsp3) is 0.333. The van der Waals surface area contributed by atoms with Crippen molar-refractivity contribution in [2.75, 3.05) is 6.54 Å². The first-order chi connectivity index (χ1) is 11.8. The van der Waals surface area contributed by atoms with E-state index < -0.39 is 0 Å². The van der Waals surface area contributed by atoms with Gasteiger partial charge in [-0.25, -0.2) is 0 Å². The fourth-order valence-electron chi connectivity index (χ4n) is 3.41. The Balaban J connectivity index is 1.75. The lowest BCUT2D eigenvalue weighted by molar-refractivity contribution is 0.0684. The molecule has 1 saturated carbocycles. The summed E-state index contributed by atoms with van der Waals surface area (Å²) in [5.41, 5.74) is 2.52. The van der Waals surface area contributed by atoms with Crippen molar-refractivity contribution < 1.29 is 4.79 Å². The number of carbonyl (C=O) groups excluding carboxylic acids is 1. The van der Waals surface area contributed by atoms with Crippen LogP contribution in [0.2, 0.25) is 0 Å². The molecule has 0 atom stereocenters. The summed E-state index contributed by atoms with van der Waals surface area (Å²) in [4.78, 5) is 15.0. The summed E-state index contributed by atoms with van der Waals surface area (Å²) in [7, 11) is 0. The number of carbonyl (C=O) groups is 1. The maximum absolute atomic E-state index is 13.0. The monoisotopic (exact) mass is 318 g/mol. The topological polar surface area (TPSA) is 44.1 Å². The Kier molecular flexibility index (Phi) is 5.28. The molecule has 3 nitrogen and oxygen atoms in total. The molecule has 0 aliphatic heterocycles. The standard InChI is InChI=1S/C21H22N2O/c22-16-18-10-12-19(13-11-18)21(24)23(20-8-4-5-9-20)15-14-17-6-2-1-3-7-17/h1-3,6-7,10-13,20H,4-5,8-9,14-15H2. The first-order valence-electron chi connectivity index (χ1n) is 8.63. The maximum atomic E-state index is 13.0. The zero-order valence-corrected chi connectivity index (χ0v) is 13.8. The molecule has 3 heteroatoms. The highest BCUT2D eigenvalue weighted by atomic mass is 16.2. The fourth-order valence-corrected chi connectivity index (χ4v) is 3.41. The maximum Gasteiger partial charge on any atom is 0.254 e. The third kappa shape index (κ3) is 3.83. The second-order valence-electron chi connectivity index (χ2n) is 6.36. The number of nitrogens with zero attached hydrogens (tertiary/aromatic N) is 2. The Labute approximate surface area is 143 Å². The number of benzene rings is 2. The molecule has 1 aliphatic rings. The van der Waals surface area contributed by atoms with Crippen LogP contribution in [0.5, 0.6) is 0 Å². The molecule has 0 spiro atoms. The average molecular weight is 318 g/mol. The molecule has 0 N–H and O–H groups in total. The van der Waals surface area contributed by atoms with Gasteiger partial charge in [-0.2, -0.15) is 5.26 Å². The van der Waals surface area contributed by atoms with Crippen molar-refractivity contribution in [2.24, 2.45) is 0 Å². The van der Waals surface area contributed by atoms with Crippen molar-refractivity contribution in [3.05, 3.63) is 71.3 Å². The van der Waals surface area contributed by atoms with Gasteiger partial charge in [0, 0.05) is 18.2 Å². The highest BCUT2D eigenvalue weighted by molar-refractivity contribution is 5.94. The van der Waals surface area contributed by atoms with Crippen LogP contribution in [-0.2, 0) is 6.42 Å². The number of amides is 1. The van der Waals surface area contributed by atoms with Crippen LogP contribution in [0.1, 0.15) is 47.2 Å². The summed E-state index contributed by atoms with van der Waals surface area (Å²) in [6, 6.07) is 19.7. The molecule has 2 aromatic rings. The number of rotatable bonds is 5. The van der Waals surface area contributed by atoms with Crippen molar-refractivity contribution in [3.8, 4) is 6.07 Å². The zero-order chi connectivity index (χ0) is 16.8. The summed E-state index contributed by atoms with van der Waals surface area (Å²) >= 11 is 0. The van der Waals surface area contributed by atoms with E-state index in [2.05, 4.69) is 18.2 Å². The summed E-state index contributed by atoms with van der Waals surface area (Å²) in [5.74, 6) is 0.0855. The van der Waals surface area contributed by atoms with E-state index >= 15 is 0 Å². The zero-order valence-electron chi connectivity index (χ0n) is 13.8. The second-order valence-corrected chi connectivity index (χ2v) is 6.36. The van der Waals surface area contributed by atoms with Crippen LogP contribution in [0.25, 0.3) is 0 Å². The number of hydrogen-bond acceptors (Lipinski definition) is 2. The van der Waals surface area contributed by atoms with E-state index in [1.54, 1.807) is 24.3 Å². The van der Waals surface area contributed by atoms with Crippen molar-refractivity contribution in [2.45, 2.75) is 38.1 Å². The van der Waals surface area contributed by atoms with Crippen LogP contribution in [0.4, 0.5) is 0 Å². The Hall–Kier alpha value is -2.60. The molecule has 2 aromatic carbocycles. The van der Waals surface area contributed by atoms with Gasteiger partial charge in [-0.1, -0.05) is 43.2 Å². The third-order valence-electron chi connectivity index (χ3n) is 4.77. The van der Waals surface area contributed by atoms with Gasteiger partial charge >= 0.3 is 0 Å². The molecule has 3 rings (SSSR count). The SMILES string of the molecule is N#Cc1ccc(C(=O)N(CCc2ccccc2)C2CCCC2)cc1. The number of hydrogen-bond donors (Lipinski definition) is 0. The molecule has 0 saturated heterocycles. The number of nitriles is 1. The average Bonchev–Trinajstić information content (AvgIpc) is 3.17. The lowest BCUT2D eigenvalue weighted by atomic mass is 10.1. The molecule has 0 heterocycles. The van der Waals surface area contributed by atoms with Crippen LogP contribution in [0.15, 0.2) is 54.6 Å². The van der Waals surface area contributed by atoms with E-state index in [4.69, 9.17) is 5.26 Å². The van der Waals surface area contributed by atoms with Crippen LogP contribution in [0.3, 0.4) is 0 Å². The predicted molar refractivity (Wildman–Crippen MR) is 94.6 cm³/mol. The van der Waals surface area contributed by atoms with Gasteiger partial charge in [0.25, 0.3) is 5.91 Å². The summed E-state index contributed by atoms with van der Waals surface area (Å²) in [5, 5.41) is 8.91. The second kappa shape index (κ2) is 7.79. The summed E-state index contributed by atoms with van der Waals surface area (Å²) in [6.07, 6.45) is 5.47. The van der Waals surface area contributed by atoms with Crippen LogP contribution in [0, 0.1) is 11.3 Å². The first-order valence-corrected chi connectivity index (χ1v) is 8.63. The van der Waals surface area contributed by atoms with Gasteiger partial charge in [0.15, 0.2) is 0 Å². The van der Waals surface area contributed by atoms with Gasteiger partial charge in [0.1, 0.15) is 0 Å². The van der Waals surface area contributed by atoms with E-state index in [0.29, 0.717) is 17.2 Å². The highest BCUT2D eigenvalue weighted by Gasteiger charge is 2.27. The van der Waals surface area contributed by atoms with Gasteiger partial charge < -0.3 is 4.90 Å². The largest absolute Gasteiger partial charge is 0.335 e. The molecular weight excluding hydrogens is 296 g/mol. The van der Waals surface area contributed by atoms with Crippen molar-refractivity contribution in [3.63, 3.8) is 0 Å². The van der Waals surface area contributed by atoms with E-state index in [-0.39, 0.29) is 5.91 Å². The van der Waals surface area contributed by atoms with Crippen molar-refractivity contribution in [1.82, 2.24) is 4.90 Å². The minimum Gasteiger partial charge on any atom is -0.335 e. The van der Waals surface area contributed by atoms with E-state index in [1.165, 1.54) is 18.4 Å². The minimum atomic E-state index is 0.0855. The van der Waals surface area contributed by atoms with Gasteiger partial charge in [-0.05, 0) is 49.1 Å². The Morgan fingerprint density at radius 3 is 2.33 bits per heavy atom. The van der Waals surface area contributed by atoms with E-state index in [0.717, 1.165) is 25.8 Å². The lowest BCUT2D eigenvalue weighted by Gasteiger charge is -2.29. The molecule has 0 radical (unpaired) electrons. The molecule has 1 fully saturated rings. The third-order valence-corrected chi connectivity index (χ3v) is 4.77. The summed E-state index contributed by atoms with van der Waals surface area (Å²) in [6.45, 7) is 0.744. The molecular formula is C21H22N2O. The van der Waals surface area contributed by atoms with Gasteiger partial charge in [-0.3, -0.25) is 4.79 Å². The predicted octanol–water partition coefficient (Wildman–Crippen LogP) is 4.19. The first kappa shape index (κ1) is 16.3. The molecule has 0 unspecified atom stereocenters. The molecule has 1 amide bonds. The van der Waals surface area contributed by atoms with Gasteiger partial charge in [0.05, 0.1) is 11.6 Å². The Morgan fingerprint density at radius 1 is 1.04 bits per heavy atom. The van der Waals surface area contributed by atoms with Crippen molar-refractivity contribution >= 4 is 5.91 Å². The van der Waals surface area contributed by atoms with Crippen LogP contribution >= 0.6 is 0 Å². The van der Waals surface area contributed by atoms with Crippen molar-refractivity contribution in [1.29, 1.82) is 5.26 Å². The molecule has 24 heavy (non-hydrogen) atoms. The smallest absolute Gasteiger partial charge is 0.254 e. The summed E-state index contributed by atoms with van der Waals surface area (Å²) < 4.78 is 0. The molecule has 0 aromatic heterocycles. The molecule has 122 valence electrons. The quantitative estimate of drug-likeness (QED) is 0.830. The van der Waals surface area contributed by atoms with E-state index in [1.807, 2.05) is 23.1 Å². The highest BCUT2D eigenvalue weighted by Crippen LogP contribution is 2.25. The molecule has 0 bridgehead atoms. The minimum absolute atomic E-state index is 0.0855. The Bertz CT molecular complexity index is 710. The molecule has 1 aliphatic carbocycles. The lowest BCUT2D eigenvalue weighted by Crippen LogP contribution is -2.40. The van der Waals surface area contributed by atoms with Gasteiger partial charge in [-0.15, -0.1) is 0 Å². The van der Waals surface area contributed by atoms with Crippen LogP contribution < -0.4 is 0 Å². The van der Waals surface area contributed by atoms with Crippen LogP contribution in [-0.4, -0.2) is 23.4 Å².